The summed E-state index contributed by atoms with van der Waals surface area (Å²) in [6, 6.07) is 10.6. The smallest absolute Gasteiger partial charge is 0.344 e. The van der Waals surface area contributed by atoms with Crippen LogP contribution in [0.15, 0.2) is 45.6 Å². The van der Waals surface area contributed by atoms with E-state index in [4.69, 9.17) is 4.42 Å². The zero-order chi connectivity index (χ0) is 13.4. The molecule has 1 aromatic heterocycles. The van der Waals surface area contributed by atoms with E-state index in [0.29, 0.717) is 16.4 Å². The number of phenolic OH excluding ortho intramolecular Hbond substituents is 1. The summed E-state index contributed by atoms with van der Waals surface area (Å²) >= 11 is 3.38. The number of aromatic hydroxyl groups is 1. The van der Waals surface area contributed by atoms with Crippen molar-refractivity contribution in [2.45, 2.75) is 6.42 Å². The number of hydrogen-bond acceptors (Lipinski definition) is 3. The Kier molecular flexibility index (Phi) is 3.03. The largest absolute Gasteiger partial charge is 0.507 e. The quantitative estimate of drug-likeness (QED) is 0.446. The number of aryl methyl sites for hydroxylation is 1. The molecular formula is C15H11BrO3. The average molecular weight is 319 g/mol. The lowest BCUT2D eigenvalue weighted by Crippen LogP contribution is -2.04. The zero-order valence-electron chi connectivity index (χ0n) is 10.0. The van der Waals surface area contributed by atoms with Crippen molar-refractivity contribution in [1.82, 2.24) is 0 Å². The van der Waals surface area contributed by atoms with Crippen LogP contribution in [0.25, 0.3) is 21.7 Å². The van der Waals surface area contributed by atoms with Crippen LogP contribution in [0.5, 0.6) is 5.75 Å². The lowest BCUT2D eigenvalue weighted by Gasteiger charge is -2.07. The Morgan fingerprint density at radius 3 is 2.68 bits per heavy atom. The second-order valence-electron chi connectivity index (χ2n) is 4.32. The molecule has 0 bridgehead atoms. The maximum Gasteiger partial charge on any atom is 0.344 e. The summed E-state index contributed by atoms with van der Waals surface area (Å²) in [5, 5.41) is 12.7. The first-order valence-electron chi connectivity index (χ1n) is 5.94. The molecule has 0 fully saturated rings. The summed E-state index contributed by atoms with van der Waals surface area (Å²) in [6.07, 6.45) is 0.737. The van der Waals surface area contributed by atoms with Crippen molar-refractivity contribution in [1.29, 1.82) is 0 Å². The Labute approximate surface area is 117 Å². The number of hydrogen-bond donors (Lipinski definition) is 1. The van der Waals surface area contributed by atoms with Crippen LogP contribution in [-0.2, 0) is 6.42 Å². The molecule has 0 spiro atoms. The van der Waals surface area contributed by atoms with Crippen molar-refractivity contribution >= 4 is 37.7 Å². The zero-order valence-corrected chi connectivity index (χ0v) is 11.6. The molecule has 1 heterocycles. The summed E-state index contributed by atoms with van der Waals surface area (Å²) in [7, 11) is 0. The Hall–Kier alpha value is -1.81. The van der Waals surface area contributed by atoms with Crippen LogP contribution in [0.1, 0.15) is 5.56 Å². The minimum Gasteiger partial charge on any atom is -0.507 e. The Bertz CT molecular complexity index is 821. The predicted molar refractivity (Wildman–Crippen MR) is 79.2 cm³/mol. The molecule has 0 aliphatic rings. The molecule has 3 nitrogen and oxygen atoms in total. The van der Waals surface area contributed by atoms with E-state index in [9.17, 15) is 9.90 Å². The van der Waals surface area contributed by atoms with Crippen molar-refractivity contribution in [3.05, 3.63) is 52.4 Å². The third-order valence-corrected chi connectivity index (χ3v) is 3.59. The Morgan fingerprint density at radius 1 is 1.11 bits per heavy atom. The highest BCUT2D eigenvalue weighted by atomic mass is 79.9. The van der Waals surface area contributed by atoms with Crippen LogP contribution < -0.4 is 5.63 Å². The molecule has 0 amide bonds. The van der Waals surface area contributed by atoms with E-state index in [1.54, 1.807) is 18.2 Å². The molecule has 4 heteroatoms. The van der Waals surface area contributed by atoms with Gasteiger partial charge in [0, 0.05) is 10.7 Å². The van der Waals surface area contributed by atoms with Gasteiger partial charge in [0.1, 0.15) is 11.3 Å². The van der Waals surface area contributed by atoms with Crippen molar-refractivity contribution in [2.75, 3.05) is 5.33 Å². The second-order valence-corrected chi connectivity index (χ2v) is 5.11. The maximum atomic E-state index is 12.1. The highest BCUT2D eigenvalue weighted by Crippen LogP contribution is 2.31. The van der Waals surface area contributed by atoms with Crippen LogP contribution in [0, 0.1) is 0 Å². The van der Waals surface area contributed by atoms with E-state index in [1.165, 1.54) is 0 Å². The molecule has 3 rings (SSSR count). The van der Waals surface area contributed by atoms with Crippen molar-refractivity contribution in [3.8, 4) is 5.75 Å². The van der Waals surface area contributed by atoms with Crippen molar-refractivity contribution in [3.63, 3.8) is 0 Å². The molecular weight excluding hydrogens is 308 g/mol. The Morgan fingerprint density at radius 2 is 1.89 bits per heavy atom. The summed E-state index contributed by atoms with van der Waals surface area (Å²) < 4.78 is 5.31. The normalized spacial score (nSPS) is 11.2. The van der Waals surface area contributed by atoms with Gasteiger partial charge >= 0.3 is 5.63 Å². The topological polar surface area (TPSA) is 50.4 Å². The summed E-state index contributed by atoms with van der Waals surface area (Å²) in [4.78, 5) is 12.1. The van der Waals surface area contributed by atoms with Crippen LogP contribution in [0.2, 0.25) is 0 Å². The highest BCUT2D eigenvalue weighted by Gasteiger charge is 2.13. The fourth-order valence-corrected chi connectivity index (χ4v) is 2.81. The van der Waals surface area contributed by atoms with Gasteiger partial charge in [-0.1, -0.05) is 40.2 Å². The minimum atomic E-state index is -0.357. The van der Waals surface area contributed by atoms with E-state index in [1.807, 2.05) is 18.2 Å². The predicted octanol–water partition coefficient (Wildman–Crippen LogP) is 3.59. The van der Waals surface area contributed by atoms with E-state index in [0.717, 1.165) is 22.7 Å². The van der Waals surface area contributed by atoms with Gasteiger partial charge in [0.05, 0.1) is 10.8 Å². The van der Waals surface area contributed by atoms with Crippen LogP contribution in [-0.4, -0.2) is 10.4 Å². The monoisotopic (exact) mass is 318 g/mol. The van der Waals surface area contributed by atoms with Gasteiger partial charge in [-0.15, -0.1) is 0 Å². The van der Waals surface area contributed by atoms with Gasteiger partial charge in [0.2, 0.25) is 0 Å². The SMILES string of the molecule is O=c1oc2cccc(O)c2c2cccc(CCBr)c12. The third kappa shape index (κ3) is 1.92. The number of fused-ring (bicyclic) bond motifs is 3. The molecule has 0 atom stereocenters. The molecule has 2 aromatic carbocycles. The van der Waals surface area contributed by atoms with Gasteiger partial charge in [0.15, 0.2) is 0 Å². The molecule has 1 N–H and O–H groups in total. The van der Waals surface area contributed by atoms with Crippen LogP contribution in [0.4, 0.5) is 0 Å². The summed E-state index contributed by atoms with van der Waals surface area (Å²) in [6.45, 7) is 0. The number of halogens is 1. The number of phenols is 1. The maximum absolute atomic E-state index is 12.1. The number of alkyl halides is 1. The first-order valence-corrected chi connectivity index (χ1v) is 7.07. The molecule has 0 radical (unpaired) electrons. The van der Waals surface area contributed by atoms with Crippen LogP contribution >= 0.6 is 15.9 Å². The molecule has 0 unspecified atom stereocenters. The lowest BCUT2D eigenvalue weighted by molar-refractivity contribution is 0.480. The summed E-state index contributed by atoms with van der Waals surface area (Å²) in [5.74, 6) is 0.127. The summed E-state index contributed by atoms with van der Waals surface area (Å²) in [5.41, 5.74) is 0.978. The molecule has 0 aliphatic carbocycles. The van der Waals surface area contributed by atoms with E-state index in [2.05, 4.69) is 15.9 Å². The molecule has 19 heavy (non-hydrogen) atoms. The standard InChI is InChI=1S/C15H11BrO3/c16-8-7-9-3-1-4-10-13(9)15(18)19-12-6-2-5-11(17)14(10)12/h1-6,17H,7-8H2. The fraction of sp³-hybridized carbons (Fsp3) is 0.133. The number of benzene rings is 2. The average Bonchev–Trinajstić information content (AvgIpc) is 2.39. The lowest BCUT2D eigenvalue weighted by atomic mass is 10.0. The van der Waals surface area contributed by atoms with Gasteiger partial charge < -0.3 is 9.52 Å². The first kappa shape index (κ1) is 12.2. The van der Waals surface area contributed by atoms with E-state index >= 15 is 0 Å². The van der Waals surface area contributed by atoms with Crippen molar-refractivity contribution in [2.24, 2.45) is 0 Å². The third-order valence-electron chi connectivity index (χ3n) is 3.19. The molecule has 0 aliphatic heterocycles. The van der Waals surface area contributed by atoms with Crippen molar-refractivity contribution < 1.29 is 9.52 Å². The van der Waals surface area contributed by atoms with E-state index < -0.39 is 0 Å². The fourth-order valence-electron chi connectivity index (χ4n) is 2.39. The van der Waals surface area contributed by atoms with Gasteiger partial charge in [-0.3, -0.25) is 0 Å². The molecule has 0 saturated carbocycles. The Balaban J connectivity index is 2.55. The van der Waals surface area contributed by atoms with Crippen LogP contribution in [0.3, 0.4) is 0 Å². The molecule has 0 saturated heterocycles. The number of rotatable bonds is 2. The van der Waals surface area contributed by atoms with Gasteiger partial charge in [-0.2, -0.15) is 0 Å². The highest BCUT2D eigenvalue weighted by molar-refractivity contribution is 9.09. The molecule has 96 valence electrons. The molecule has 3 aromatic rings. The van der Waals surface area contributed by atoms with Gasteiger partial charge in [0.25, 0.3) is 0 Å². The second kappa shape index (κ2) is 4.70. The minimum absolute atomic E-state index is 0.127. The van der Waals surface area contributed by atoms with Gasteiger partial charge in [-0.25, -0.2) is 4.79 Å². The van der Waals surface area contributed by atoms with E-state index in [-0.39, 0.29) is 11.4 Å². The van der Waals surface area contributed by atoms with Gasteiger partial charge in [-0.05, 0) is 24.1 Å². The first-order chi connectivity index (χ1) is 9.22.